The minimum atomic E-state index is -4.40. The zero-order chi connectivity index (χ0) is 37.3. The molecule has 3 N–H and O–H groups in total. The van der Waals surface area contributed by atoms with Crippen molar-refractivity contribution < 1.29 is 36.2 Å². The summed E-state index contributed by atoms with van der Waals surface area (Å²) >= 11 is 0. The lowest BCUT2D eigenvalue weighted by atomic mass is 9.99. The first-order valence-corrected chi connectivity index (χ1v) is 16.0. The predicted octanol–water partition coefficient (Wildman–Crippen LogP) is 11.1. The van der Waals surface area contributed by atoms with Crippen LogP contribution in [0.3, 0.4) is 0 Å². The van der Waals surface area contributed by atoms with Crippen molar-refractivity contribution in [3.8, 4) is 22.3 Å². The van der Waals surface area contributed by atoms with E-state index in [9.17, 15) is 31.1 Å². The van der Waals surface area contributed by atoms with Crippen LogP contribution in [0.2, 0.25) is 0 Å². The molecule has 0 radical (unpaired) electrons. The lowest BCUT2D eigenvalue weighted by molar-refractivity contribution is -0.138. The van der Waals surface area contributed by atoms with E-state index in [0.29, 0.717) is 16.8 Å². The molecule has 0 aliphatic carbocycles. The number of aromatic amines is 1. The molecule has 12 heteroatoms. The summed E-state index contributed by atoms with van der Waals surface area (Å²) in [7, 11) is 0. The number of imidazole rings is 1. The highest BCUT2D eigenvalue weighted by molar-refractivity contribution is 5.96. The van der Waals surface area contributed by atoms with Crippen molar-refractivity contribution in [1.29, 1.82) is 0 Å². The number of H-pyrrole nitrogens is 1. The molecule has 1 aliphatic heterocycles. The quantitative estimate of drug-likeness (QED) is 0.174. The van der Waals surface area contributed by atoms with Gasteiger partial charge in [0.15, 0.2) is 0 Å². The summed E-state index contributed by atoms with van der Waals surface area (Å²) in [5.74, 6) is -0.0962. The summed E-state index contributed by atoms with van der Waals surface area (Å²) in [6, 6.07) is 31.0. The highest BCUT2D eigenvalue weighted by atomic mass is 19.4. The lowest BCUT2D eigenvalue weighted by Crippen LogP contribution is -2.30. The van der Waals surface area contributed by atoms with E-state index in [1.54, 1.807) is 24.4 Å². The Labute approximate surface area is 296 Å². The van der Waals surface area contributed by atoms with Gasteiger partial charge in [-0.15, -0.1) is 5.69 Å². The van der Waals surface area contributed by atoms with Gasteiger partial charge >= 0.3 is 18.3 Å². The number of fused-ring (bicyclic) bond motifs is 1. The van der Waals surface area contributed by atoms with Crippen molar-refractivity contribution in [2.75, 3.05) is 6.54 Å². The standard InChI is InChI=1S/C14H9F3O2.C13H9F3.C13H15N4/c15-14(16,17)10-7-5-9(6-8-10)11-3-1-2-4-12(11)13(18)19;14-13(15,16)12-8-6-11(7-9-12)10-4-2-1-3-5-10;14-12-2-1-11-8-17(6-3-10(11)7-12)9-13-15-4-5-16-13/h1-8H,(H,18,19);1-9H;1-2,4-5,7,14H,3,6,8-9H2,(H,15,16)/q;;-1. The normalized spacial score (nSPS) is 12.8. The first-order valence-electron chi connectivity index (χ1n) is 16.0. The molecule has 0 fully saturated rings. The van der Waals surface area contributed by atoms with Crippen LogP contribution in [0.4, 0.5) is 32.0 Å². The molecule has 2 heterocycles. The molecule has 0 unspecified atom stereocenters. The summed E-state index contributed by atoms with van der Waals surface area (Å²) in [6.45, 7) is 2.86. The summed E-state index contributed by atoms with van der Waals surface area (Å²) in [6.07, 6.45) is -3.98. The SMILES string of the molecule is FC(F)(F)c1ccc(-c2ccccc2)cc1.O=C(O)c1ccccc1-c1ccc(C(F)(F)F)cc1.[NH-]c1ccc2c(c1)CCN(Cc1ncc[nH]1)C2. The first-order chi connectivity index (χ1) is 24.8. The molecule has 0 atom stereocenters. The number of hydrogen-bond acceptors (Lipinski definition) is 3. The third kappa shape index (κ3) is 10.1. The summed E-state index contributed by atoms with van der Waals surface area (Å²) < 4.78 is 74.3. The molecule has 6 aromatic rings. The minimum Gasteiger partial charge on any atom is -0.699 e. The molecule has 0 bridgehead atoms. The van der Waals surface area contributed by atoms with Crippen LogP contribution in [-0.2, 0) is 31.9 Å². The number of nitrogens with zero attached hydrogens (tertiary/aromatic N) is 2. The van der Waals surface area contributed by atoms with Crippen molar-refractivity contribution >= 4 is 11.7 Å². The highest BCUT2D eigenvalue weighted by Gasteiger charge is 2.31. The maximum atomic E-state index is 12.4. The predicted molar refractivity (Wildman–Crippen MR) is 188 cm³/mol. The number of carboxylic acids is 1. The zero-order valence-corrected chi connectivity index (χ0v) is 27.5. The Hall–Kier alpha value is -5.88. The summed E-state index contributed by atoms with van der Waals surface area (Å²) in [5, 5.41) is 9.03. The van der Waals surface area contributed by atoms with E-state index in [0.717, 1.165) is 67.3 Å². The molecule has 6 nitrogen and oxygen atoms in total. The van der Waals surface area contributed by atoms with Crippen LogP contribution in [0.5, 0.6) is 0 Å². The van der Waals surface area contributed by atoms with Crippen LogP contribution >= 0.6 is 0 Å². The van der Waals surface area contributed by atoms with Gasteiger partial charge in [-0.05, 0) is 70.1 Å². The van der Waals surface area contributed by atoms with Gasteiger partial charge in [-0.2, -0.15) is 26.3 Å². The van der Waals surface area contributed by atoms with Gasteiger partial charge in [0.05, 0.1) is 23.2 Å². The molecular weight excluding hydrogens is 682 g/mol. The van der Waals surface area contributed by atoms with Gasteiger partial charge in [0.1, 0.15) is 5.82 Å². The van der Waals surface area contributed by atoms with E-state index in [-0.39, 0.29) is 5.56 Å². The number of alkyl halides is 6. The van der Waals surface area contributed by atoms with Crippen LogP contribution in [0.25, 0.3) is 28.0 Å². The average molecular weight is 716 g/mol. The largest absolute Gasteiger partial charge is 0.699 e. The molecule has 268 valence electrons. The van der Waals surface area contributed by atoms with Crippen LogP contribution in [0.1, 0.15) is 38.4 Å². The van der Waals surface area contributed by atoms with Crippen molar-refractivity contribution in [2.24, 2.45) is 0 Å². The number of aromatic nitrogens is 2. The van der Waals surface area contributed by atoms with E-state index in [1.165, 1.54) is 41.5 Å². The lowest BCUT2D eigenvalue weighted by Gasteiger charge is -2.28. The zero-order valence-electron chi connectivity index (χ0n) is 27.5. The Bertz CT molecular complexity index is 2050. The maximum Gasteiger partial charge on any atom is 0.416 e. The first kappa shape index (κ1) is 37.4. The van der Waals surface area contributed by atoms with Gasteiger partial charge < -0.3 is 15.8 Å². The number of rotatable bonds is 5. The fourth-order valence-corrected chi connectivity index (χ4v) is 5.58. The Morgan fingerprint density at radius 2 is 1.31 bits per heavy atom. The topological polar surface area (TPSA) is 93.0 Å². The second kappa shape index (κ2) is 16.4. The second-order valence-electron chi connectivity index (χ2n) is 11.8. The molecule has 0 saturated carbocycles. The molecular formula is C40H33F6N4O2-. The van der Waals surface area contributed by atoms with Gasteiger partial charge in [0.2, 0.25) is 0 Å². The van der Waals surface area contributed by atoms with Gasteiger partial charge in [0, 0.05) is 25.5 Å². The van der Waals surface area contributed by atoms with Crippen LogP contribution < -0.4 is 0 Å². The van der Waals surface area contributed by atoms with E-state index >= 15 is 0 Å². The van der Waals surface area contributed by atoms with Crippen molar-refractivity contribution in [1.82, 2.24) is 14.9 Å². The average Bonchev–Trinajstić information content (AvgIpc) is 3.65. The van der Waals surface area contributed by atoms with E-state index in [2.05, 4.69) is 20.9 Å². The molecule has 0 saturated heterocycles. The molecule has 7 rings (SSSR count). The van der Waals surface area contributed by atoms with Crippen LogP contribution in [-0.4, -0.2) is 32.5 Å². The Morgan fingerprint density at radius 3 is 1.88 bits per heavy atom. The molecule has 1 aliphatic rings. The maximum absolute atomic E-state index is 12.4. The third-order valence-electron chi connectivity index (χ3n) is 8.23. The van der Waals surface area contributed by atoms with Crippen LogP contribution in [0, 0.1) is 0 Å². The molecule has 0 amide bonds. The van der Waals surface area contributed by atoms with E-state index in [1.807, 2.05) is 48.7 Å². The van der Waals surface area contributed by atoms with E-state index in [4.69, 9.17) is 10.8 Å². The molecule has 5 aromatic carbocycles. The molecule has 52 heavy (non-hydrogen) atoms. The number of nitrogens with one attached hydrogen (secondary N) is 2. The van der Waals surface area contributed by atoms with Gasteiger partial charge in [0.25, 0.3) is 0 Å². The summed E-state index contributed by atoms with van der Waals surface area (Å²) in [5.41, 5.74) is 12.1. The summed E-state index contributed by atoms with van der Waals surface area (Å²) in [4.78, 5) is 20.8. The fraction of sp³-hybridized carbons (Fsp3) is 0.150. The fourth-order valence-electron chi connectivity index (χ4n) is 5.58. The van der Waals surface area contributed by atoms with Gasteiger partial charge in [-0.3, -0.25) is 4.90 Å². The van der Waals surface area contributed by atoms with Crippen molar-refractivity contribution in [3.05, 3.63) is 173 Å². The number of halogens is 6. The number of carboxylic acid groups (broad SMARTS) is 1. The highest BCUT2D eigenvalue weighted by Crippen LogP contribution is 2.33. The number of carbonyl (C=O) groups is 1. The van der Waals surface area contributed by atoms with Crippen molar-refractivity contribution in [3.63, 3.8) is 0 Å². The Kier molecular flexibility index (Phi) is 11.8. The Morgan fingerprint density at radius 1 is 0.731 bits per heavy atom. The van der Waals surface area contributed by atoms with Gasteiger partial charge in [-0.25, -0.2) is 9.78 Å². The van der Waals surface area contributed by atoms with Gasteiger partial charge in [-0.1, -0.05) is 91.0 Å². The Balaban J connectivity index is 0.000000151. The third-order valence-corrected chi connectivity index (χ3v) is 8.23. The molecule has 0 spiro atoms. The molecule has 1 aromatic heterocycles. The number of benzene rings is 5. The monoisotopic (exact) mass is 715 g/mol. The smallest absolute Gasteiger partial charge is 0.416 e. The number of hydrogen-bond donors (Lipinski definition) is 2. The van der Waals surface area contributed by atoms with E-state index < -0.39 is 29.4 Å². The number of aromatic carboxylic acids is 1. The second-order valence-corrected chi connectivity index (χ2v) is 11.8. The minimum absolute atomic E-state index is 0.0576. The van der Waals surface area contributed by atoms with Crippen molar-refractivity contribution in [2.45, 2.75) is 31.9 Å². The van der Waals surface area contributed by atoms with Crippen LogP contribution in [0.15, 0.2) is 134 Å².